The zero-order valence-corrected chi connectivity index (χ0v) is 38.4. The fourth-order valence-corrected chi connectivity index (χ4v) is 12.8. The summed E-state index contributed by atoms with van der Waals surface area (Å²) in [7, 11) is 0. The first kappa shape index (κ1) is 39.3. The number of fused-ring (bicyclic) bond motifs is 13. The van der Waals surface area contributed by atoms with Crippen LogP contribution in [-0.4, -0.2) is 0 Å². The van der Waals surface area contributed by atoms with Gasteiger partial charge in [0, 0.05) is 25.2 Å². The summed E-state index contributed by atoms with van der Waals surface area (Å²) in [6.45, 7) is 14.5. The first-order valence-electron chi connectivity index (χ1n) is 22.4. The van der Waals surface area contributed by atoms with E-state index < -0.39 is 0 Å². The van der Waals surface area contributed by atoms with Crippen molar-refractivity contribution in [3.63, 3.8) is 0 Å². The van der Waals surface area contributed by atoms with Crippen LogP contribution in [0, 0.1) is 0 Å². The fraction of sp³-hybridized carbons (Fsp3) is 0.418. The Morgan fingerprint density at radius 1 is 0.386 bits per heavy atom. The lowest BCUT2D eigenvalue weighted by Crippen LogP contribution is -2.26. The van der Waals surface area contributed by atoms with Crippen molar-refractivity contribution < 1.29 is 0 Å². The lowest BCUT2D eigenvalue weighted by Gasteiger charge is -2.34. The average molecular weight is 881 g/mol. The molecule has 0 nitrogen and oxygen atoms in total. The third-order valence-electron chi connectivity index (χ3n) is 14.8. The molecular formula is C55H60Br2. The number of halogens is 2. The van der Waals surface area contributed by atoms with Crippen LogP contribution in [0.25, 0.3) is 54.9 Å². The van der Waals surface area contributed by atoms with Crippen molar-refractivity contribution in [2.75, 3.05) is 0 Å². The van der Waals surface area contributed by atoms with E-state index in [1.165, 1.54) is 176 Å². The van der Waals surface area contributed by atoms with Gasteiger partial charge in [-0.05, 0) is 138 Å². The van der Waals surface area contributed by atoms with Gasteiger partial charge in [-0.3, -0.25) is 0 Å². The lowest BCUT2D eigenvalue weighted by molar-refractivity contribution is 0.398. The Morgan fingerprint density at radius 3 is 1.14 bits per heavy atom. The second kappa shape index (κ2) is 15.1. The summed E-state index contributed by atoms with van der Waals surface area (Å²) < 4.78 is 2.40. The monoisotopic (exact) mass is 878 g/mol. The van der Waals surface area contributed by atoms with Crippen molar-refractivity contribution in [1.82, 2.24) is 0 Å². The number of hydrogen-bond donors (Lipinski definition) is 0. The number of hydrogen-bond acceptors (Lipinski definition) is 0. The molecule has 0 atom stereocenters. The Bertz CT molecular complexity index is 2350. The van der Waals surface area contributed by atoms with Crippen molar-refractivity contribution in [2.24, 2.45) is 0 Å². The van der Waals surface area contributed by atoms with Crippen molar-refractivity contribution >= 4 is 53.4 Å². The van der Waals surface area contributed by atoms with Crippen LogP contribution in [-0.2, 0) is 16.2 Å². The molecule has 0 saturated carbocycles. The van der Waals surface area contributed by atoms with Crippen LogP contribution in [0.15, 0.2) is 93.9 Å². The highest BCUT2D eigenvalue weighted by Gasteiger charge is 2.48. The van der Waals surface area contributed by atoms with E-state index in [1.807, 2.05) is 0 Å². The number of benzene rings is 6. The Morgan fingerprint density at radius 2 is 0.737 bits per heavy atom. The largest absolute Gasteiger partial charge is 0.0654 e. The topological polar surface area (TPSA) is 0 Å². The second-order valence-electron chi connectivity index (χ2n) is 18.9. The molecule has 2 heteroatoms. The highest BCUT2D eigenvalue weighted by Crippen LogP contribution is 2.63. The molecule has 0 N–H and O–H groups in total. The molecule has 294 valence electrons. The van der Waals surface area contributed by atoms with Gasteiger partial charge in [-0.15, -0.1) is 0 Å². The second-order valence-corrected chi connectivity index (χ2v) is 20.6. The van der Waals surface area contributed by atoms with Crippen LogP contribution in [0.3, 0.4) is 0 Å². The molecule has 3 aliphatic carbocycles. The van der Waals surface area contributed by atoms with E-state index in [4.69, 9.17) is 0 Å². The predicted molar refractivity (Wildman–Crippen MR) is 254 cm³/mol. The van der Waals surface area contributed by atoms with Gasteiger partial charge in [-0.1, -0.05) is 199 Å². The van der Waals surface area contributed by atoms with Crippen LogP contribution < -0.4 is 0 Å². The summed E-state index contributed by atoms with van der Waals surface area (Å²) >= 11 is 8.02. The smallest absolute Gasteiger partial charge is 0.0257 e. The third-order valence-corrected chi connectivity index (χ3v) is 16.1. The maximum absolute atomic E-state index is 4.01. The number of unbranched alkanes of at least 4 members (excludes halogenated alkanes) is 10. The highest BCUT2D eigenvalue weighted by atomic mass is 79.9. The minimum Gasteiger partial charge on any atom is -0.0654 e. The molecule has 0 aliphatic heterocycles. The molecule has 0 spiro atoms. The standard InChI is InChI=1S/C55H60Br2/c1-7-9-11-13-15-21-27-55(28-22-16-14-12-10-8-2)45-31-41-43(53(3,4)47-33-49(56)35-23-17-19-25-37(35)51(41)47)29-39(45)40-30-44-42(32-46(40)55)52-38-26-20-18-24-36(38)50(57)34-48(52)54(44,5)6/h17-20,23-26,29-34H,7-16,21-22,27-28H2,1-6H3. The van der Waals surface area contributed by atoms with Gasteiger partial charge >= 0.3 is 0 Å². The summed E-state index contributed by atoms with van der Waals surface area (Å²) in [6.07, 6.45) is 18.4. The molecule has 0 bridgehead atoms. The normalized spacial score (nSPS) is 16.1. The van der Waals surface area contributed by atoms with E-state index in [-0.39, 0.29) is 16.2 Å². The van der Waals surface area contributed by atoms with Crippen molar-refractivity contribution in [3.8, 4) is 33.4 Å². The molecule has 0 heterocycles. The molecule has 3 aliphatic rings. The Kier molecular flexibility index (Phi) is 10.4. The molecule has 0 fully saturated rings. The van der Waals surface area contributed by atoms with Gasteiger partial charge in [0.05, 0.1) is 0 Å². The molecule has 57 heavy (non-hydrogen) atoms. The Hall–Kier alpha value is -3.20. The maximum atomic E-state index is 4.01. The minimum atomic E-state index is -0.104. The van der Waals surface area contributed by atoms with E-state index in [2.05, 4.69) is 158 Å². The summed E-state index contributed by atoms with van der Waals surface area (Å²) in [5.41, 5.74) is 17.7. The van der Waals surface area contributed by atoms with E-state index in [0.717, 1.165) is 0 Å². The van der Waals surface area contributed by atoms with E-state index in [9.17, 15) is 0 Å². The Balaban J connectivity index is 1.29. The molecule has 0 radical (unpaired) electrons. The molecule has 6 aromatic carbocycles. The van der Waals surface area contributed by atoms with Gasteiger partial charge in [-0.25, -0.2) is 0 Å². The van der Waals surface area contributed by atoms with E-state index >= 15 is 0 Å². The van der Waals surface area contributed by atoms with Gasteiger partial charge in [0.1, 0.15) is 0 Å². The summed E-state index contributed by atoms with van der Waals surface area (Å²) in [4.78, 5) is 0. The number of rotatable bonds is 14. The quantitative estimate of drug-likeness (QED) is 0.0957. The van der Waals surface area contributed by atoms with Crippen molar-refractivity contribution in [1.29, 1.82) is 0 Å². The van der Waals surface area contributed by atoms with Crippen LogP contribution in [0.5, 0.6) is 0 Å². The molecular weight excluding hydrogens is 820 g/mol. The van der Waals surface area contributed by atoms with Gasteiger partial charge < -0.3 is 0 Å². The first-order valence-corrected chi connectivity index (χ1v) is 24.0. The predicted octanol–water partition coefficient (Wildman–Crippen LogP) is 17.9. The van der Waals surface area contributed by atoms with Gasteiger partial charge in [0.2, 0.25) is 0 Å². The molecule has 9 rings (SSSR count). The average Bonchev–Trinajstić information content (AvgIpc) is 3.69. The van der Waals surface area contributed by atoms with Crippen LogP contribution in [0.1, 0.15) is 165 Å². The lowest BCUT2D eigenvalue weighted by atomic mass is 9.69. The summed E-state index contributed by atoms with van der Waals surface area (Å²) in [6, 6.07) is 33.9. The molecule has 0 saturated heterocycles. The zero-order valence-electron chi connectivity index (χ0n) is 35.2. The first-order chi connectivity index (χ1) is 27.5. The molecule has 0 amide bonds. The zero-order chi connectivity index (χ0) is 39.7. The summed E-state index contributed by atoms with van der Waals surface area (Å²) in [5.74, 6) is 0. The third kappa shape index (κ3) is 6.15. The van der Waals surface area contributed by atoms with Crippen LogP contribution >= 0.6 is 31.9 Å². The molecule has 0 unspecified atom stereocenters. The van der Waals surface area contributed by atoms with E-state index in [1.54, 1.807) is 11.1 Å². The van der Waals surface area contributed by atoms with Crippen molar-refractivity contribution in [2.45, 2.75) is 148 Å². The summed E-state index contributed by atoms with van der Waals surface area (Å²) in [5, 5.41) is 5.37. The van der Waals surface area contributed by atoms with Gasteiger partial charge in [-0.2, -0.15) is 0 Å². The highest BCUT2D eigenvalue weighted by molar-refractivity contribution is 9.11. The molecule has 0 aromatic heterocycles. The van der Waals surface area contributed by atoms with E-state index in [0.29, 0.717) is 0 Å². The van der Waals surface area contributed by atoms with Crippen molar-refractivity contribution in [3.05, 3.63) is 127 Å². The van der Waals surface area contributed by atoms with Crippen LogP contribution in [0.4, 0.5) is 0 Å². The SMILES string of the molecule is CCCCCCCCC1(CCCCCCCC)c2cc3c(cc2-c2cc4c(cc21)-c1c(cc(Br)c2ccccc12)C4(C)C)C(C)(C)c1cc(Br)c2ccccc2c1-3. The molecule has 6 aromatic rings. The Labute approximate surface area is 359 Å². The van der Waals surface area contributed by atoms with Crippen LogP contribution in [0.2, 0.25) is 0 Å². The van der Waals surface area contributed by atoms with Gasteiger partial charge in [0.25, 0.3) is 0 Å². The van der Waals surface area contributed by atoms with Gasteiger partial charge in [0.15, 0.2) is 0 Å². The fourth-order valence-electron chi connectivity index (χ4n) is 11.6. The maximum Gasteiger partial charge on any atom is 0.0257 e. The minimum absolute atomic E-state index is 0.0135.